The molecule has 0 aromatic carbocycles. The van der Waals surface area contributed by atoms with Crippen LogP contribution >= 0.6 is 0 Å². The van der Waals surface area contributed by atoms with Gasteiger partial charge in [-0.25, -0.2) is 0 Å². The van der Waals surface area contributed by atoms with E-state index in [0.29, 0.717) is 17.4 Å². The predicted octanol–water partition coefficient (Wildman–Crippen LogP) is 1.91. The fourth-order valence-corrected chi connectivity index (χ4v) is 1.72. The second kappa shape index (κ2) is 5.56. The van der Waals surface area contributed by atoms with Gasteiger partial charge in [-0.05, 0) is 46.8 Å². The largest absolute Gasteiger partial charge is 0.470 e. The van der Waals surface area contributed by atoms with E-state index in [2.05, 4.69) is 10.3 Å². The zero-order valence-electron chi connectivity index (χ0n) is 12.8. The summed E-state index contributed by atoms with van der Waals surface area (Å²) < 4.78 is 5.70. The molecule has 0 saturated heterocycles. The topological polar surface area (TPSA) is 103 Å². The van der Waals surface area contributed by atoms with Crippen molar-refractivity contribution in [2.24, 2.45) is 5.73 Å². The quantitative estimate of drug-likeness (QED) is 0.764. The Morgan fingerprint density at radius 2 is 1.90 bits per heavy atom. The van der Waals surface area contributed by atoms with E-state index in [9.17, 15) is 4.79 Å². The van der Waals surface area contributed by atoms with Gasteiger partial charge in [0.15, 0.2) is 0 Å². The van der Waals surface area contributed by atoms with Gasteiger partial charge in [-0.15, -0.1) is 0 Å². The number of nitrogens with one attached hydrogen (secondary N) is 1. The average molecular weight is 280 g/mol. The molecule has 1 rings (SSSR count). The van der Waals surface area contributed by atoms with Gasteiger partial charge in [0.25, 0.3) is 0 Å². The number of primary amides is 1. The first-order valence-corrected chi connectivity index (χ1v) is 6.50. The molecule has 0 aliphatic heterocycles. The van der Waals surface area contributed by atoms with Gasteiger partial charge in [0, 0.05) is 12.0 Å². The van der Waals surface area contributed by atoms with Crippen molar-refractivity contribution >= 4 is 17.4 Å². The molecule has 0 atom stereocenters. The number of carbonyl (C=O) groups is 1. The van der Waals surface area contributed by atoms with Crippen LogP contribution in [0.1, 0.15) is 41.0 Å². The zero-order valence-corrected chi connectivity index (χ0v) is 12.8. The Morgan fingerprint density at radius 1 is 1.30 bits per heavy atom. The number of pyridine rings is 1. The number of nitrogens with zero attached hydrogens (tertiary/aromatic N) is 1. The van der Waals surface area contributed by atoms with Crippen molar-refractivity contribution in [2.75, 3.05) is 11.1 Å². The summed E-state index contributed by atoms with van der Waals surface area (Å²) in [6.07, 6.45) is 0.203. The van der Waals surface area contributed by atoms with Gasteiger partial charge in [-0.2, -0.15) is 4.98 Å². The molecular weight excluding hydrogens is 256 g/mol. The smallest absolute Gasteiger partial charge is 0.239 e. The van der Waals surface area contributed by atoms with Crippen LogP contribution in [0.2, 0.25) is 0 Å². The third-order valence-corrected chi connectivity index (χ3v) is 2.38. The van der Waals surface area contributed by atoms with Gasteiger partial charge in [-0.1, -0.05) is 0 Å². The van der Waals surface area contributed by atoms with Crippen molar-refractivity contribution in [2.45, 2.75) is 52.2 Å². The van der Waals surface area contributed by atoms with Gasteiger partial charge in [0.05, 0.1) is 5.69 Å². The summed E-state index contributed by atoms with van der Waals surface area (Å²) in [6, 6.07) is 3.46. The molecule has 112 valence electrons. The molecule has 0 saturated carbocycles. The summed E-state index contributed by atoms with van der Waals surface area (Å²) in [6.45, 7) is 9.52. The van der Waals surface area contributed by atoms with E-state index in [0.717, 1.165) is 0 Å². The minimum absolute atomic E-state index is 0.203. The molecule has 6 nitrogen and oxygen atoms in total. The number of hydrogen-bond donors (Lipinski definition) is 3. The number of anilines is 2. The number of hydrogen-bond acceptors (Lipinski definition) is 5. The summed E-state index contributed by atoms with van der Waals surface area (Å²) in [5.41, 5.74) is 10.7. The highest BCUT2D eigenvalue weighted by molar-refractivity contribution is 5.75. The average Bonchev–Trinajstić information content (AvgIpc) is 2.18. The maximum atomic E-state index is 11.0. The highest BCUT2D eigenvalue weighted by Crippen LogP contribution is 2.26. The van der Waals surface area contributed by atoms with E-state index in [1.807, 2.05) is 34.6 Å². The Kier molecular flexibility index (Phi) is 4.47. The number of carbonyl (C=O) groups excluding carboxylic acids is 1. The second-order valence-corrected chi connectivity index (χ2v) is 6.46. The lowest BCUT2D eigenvalue weighted by atomic mass is 10.0. The van der Waals surface area contributed by atoms with E-state index in [1.165, 1.54) is 0 Å². The second-order valence-electron chi connectivity index (χ2n) is 6.46. The summed E-state index contributed by atoms with van der Waals surface area (Å²) in [7, 11) is 0. The Hall–Kier alpha value is -1.98. The van der Waals surface area contributed by atoms with Crippen molar-refractivity contribution in [3.63, 3.8) is 0 Å². The molecular formula is C14H24N4O2. The molecule has 1 amide bonds. The summed E-state index contributed by atoms with van der Waals surface area (Å²) >= 11 is 0. The molecule has 1 aromatic heterocycles. The van der Waals surface area contributed by atoms with Gasteiger partial charge in [0.2, 0.25) is 11.8 Å². The maximum Gasteiger partial charge on any atom is 0.239 e. The van der Waals surface area contributed by atoms with Crippen molar-refractivity contribution in [1.29, 1.82) is 0 Å². The molecule has 0 aliphatic rings. The summed E-state index contributed by atoms with van der Waals surface area (Å²) in [4.78, 5) is 15.4. The Labute approximate surface area is 119 Å². The van der Waals surface area contributed by atoms with Gasteiger partial charge >= 0.3 is 0 Å². The Morgan fingerprint density at radius 3 is 2.40 bits per heavy atom. The third-order valence-electron chi connectivity index (χ3n) is 2.38. The zero-order chi connectivity index (χ0) is 15.6. The Balaban J connectivity index is 2.92. The number of rotatable bonds is 5. The van der Waals surface area contributed by atoms with E-state index in [-0.39, 0.29) is 17.9 Å². The normalized spacial score (nSPS) is 12.1. The number of aromatic nitrogens is 1. The van der Waals surface area contributed by atoms with Crippen LogP contribution in [0.25, 0.3) is 0 Å². The molecule has 20 heavy (non-hydrogen) atoms. The molecule has 0 unspecified atom stereocenters. The third kappa shape index (κ3) is 5.34. The monoisotopic (exact) mass is 280 g/mol. The van der Waals surface area contributed by atoms with Crippen LogP contribution in [0.4, 0.5) is 11.5 Å². The molecule has 1 aromatic rings. The molecule has 6 heteroatoms. The fourth-order valence-electron chi connectivity index (χ4n) is 1.72. The molecule has 0 aliphatic carbocycles. The van der Waals surface area contributed by atoms with Gasteiger partial charge in [0.1, 0.15) is 11.4 Å². The lowest BCUT2D eigenvalue weighted by Gasteiger charge is -2.26. The molecule has 0 fully saturated rings. The molecule has 0 radical (unpaired) electrons. The van der Waals surface area contributed by atoms with E-state index in [4.69, 9.17) is 16.2 Å². The highest BCUT2D eigenvalue weighted by Gasteiger charge is 2.22. The molecule has 0 spiro atoms. The summed E-state index contributed by atoms with van der Waals surface area (Å²) in [5.74, 6) is 0.589. The Bertz CT molecular complexity index is 492. The number of ether oxygens (including phenoxy) is 1. The first kappa shape index (κ1) is 16.1. The van der Waals surface area contributed by atoms with Crippen LogP contribution in [0.3, 0.4) is 0 Å². The van der Waals surface area contributed by atoms with Crippen LogP contribution in [-0.4, -0.2) is 22.0 Å². The van der Waals surface area contributed by atoms with Gasteiger partial charge < -0.3 is 21.5 Å². The van der Waals surface area contributed by atoms with Crippen LogP contribution in [0.15, 0.2) is 12.1 Å². The molecule has 5 N–H and O–H groups in total. The lowest BCUT2D eigenvalue weighted by molar-refractivity contribution is -0.118. The highest BCUT2D eigenvalue weighted by atomic mass is 16.5. The minimum atomic E-state index is -0.492. The van der Waals surface area contributed by atoms with Crippen molar-refractivity contribution in [1.82, 2.24) is 4.98 Å². The van der Waals surface area contributed by atoms with E-state index < -0.39 is 5.54 Å². The predicted molar refractivity (Wildman–Crippen MR) is 80.5 cm³/mol. The first-order valence-electron chi connectivity index (χ1n) is 6.50. The van der Waals surface area contributed by atoms with Gasteiger partial charge in [-0.3, -0.25) is 4.79 Å². The van der Waals surface area contributed by atoms with E-state index >= 15 is 0 Å². The maximum absolute atomic E-state index is 11.0. The van der Waals surface area contributed by atoms with Crippen LogP contribution < -0.4 is 21.5 Å². The SMILES string of the molecule is CC(C)(CC(N)=O)Nc1ccc(N)c(OC(C)(C)C)n1. The standard InChI is InChI=1S/C14H24N4O2/c1-13(2,3)20-12-9(15)6-7-11(17-12)18-14(4,5)8-10(16)19/h6-7H,8,15H2,1-5H3,(H2,16,19)(H,17,18). The fraction of sp³-hybridized carbons (Fsp3) is 0.571. The lowest BCUT2D eigenvalue weighted by Crippen LogP contribution is -2.36. The summed E-state index contributed by atoms with van der Waals surface area (Å²) in [5, 5.41) is 3.16. The van der Waals surface area contributed by atoms with E-state index in [1.54, 1.807) is 12.1 Å². The van der Waals surface area contributed by atoms with Crippen molar-refractivity contribution in [3.8, 4) is 5.88 Å². The molecule has 1 heterocycles. The number of amides is 1. The van der Waals surface area contributed by atoms with Crippen LogP contribution in [0, 0.1) is 0 Å². The van der Waals surface area contributed by atoms with Crippen LogP contribution in [0.5, 0.6) is 5.88 Å². The van der Waals surface area contributed by atoms with Crippen molar-refractivity contribution < 1.29 is 9.53 Å². The first-order chi connectivity index (χ1) is 8.98. The number of nitrogen functional groups attached to an aromatic ring is 1. The number of nitrogens with two attached hydrogens (primary N) is 2. The molecule has 0 bridgehead atoms. The van der Waals surface area contributed by atoms with Crippen molar-refractivity contribution in [3.05, 3.63) is 12.1 Å². The van der Waals surface area contributed by atoms with Crippen LogP contribution in [-0.2, 0) is 4.79 Å². The minimum Gasteiger partial charge on any atom is -0.470 e.